The van der Waals surface area contributed by atoms with Gasteiger partial charge in [-0.25, -0.2) is 0 Å². The summed E-state index contributed by atoms with van der Waals surface area (Å²) in [4.78, 5) is 23.8. The lowest BCUT2D eigenvalue weighted by Gasteiger charge is -2.13. The van der Waals surface area contributed by atoms with Crippen molar-refractivity contribution < 1.29 is 14.3 Å². The summed E-state index contributed by atoms with van der Waals surface area (Å²) in [5, 5.41) is 8.79. The molecule has 1 aliphatic heterocycles. The number of nitrogens with one attached hydrogen (secondary N) is 3. The molecule has 114 valence electrons. The van der Waals surface area contributed by atoms with Crippen molar-refractivity contribution in [3.05, 3.63) is 24.3 Å². The Balaban J connectivity index is 1.97. The van der Waals surface area contributed by atoms with E-state index >= 15 is 0 Å². The van der Waals surface area contributed by atoms with Crippen molar-refractivity contribution in [2.75, 3.05) is 30.8 Å². The topological polar surface area (TPSA) is 79.5 Å². The number of anilines is 2. The highest BCUT2D eigenvalue weighted by Gasteiger charge is 2.22. The van der Waals surface area contributed by atoms with E-state index in [2.05, 4.69) is 16.0 Å². The van der Waals surface area contributed by atoms with Crippen LogP contribution in [-0.4, -0.2) is 38.1 Å². The third-order valence-corrected chi connectivity index (χ3v) is 3.55. The van der Waals surface area contributed by atoms with Gasteiger partial charge in [0.25, 0.3) is 5.91 Å². The maximum absolute atomic E-state index is 12.0. The average Bonchev–Trinajstić information content (AvgIpc) is 3.01. The first-order valence-corrected chi connectivity index (χ1v) is 7.05. The number of ether oxygens (including phenoxy) is 1. The highest BCUT2D eigenvalue weighted by atomic mass is 16.5. The summed E-state index contributed by atoms with van der Waals surface area (Å²) in [6.45, 7) is 3.27. The van der Waals surface area contributed by atoms with Gasteiger partial charge in [0.05, 0.1) is 5.92 Å². The fourth-order valence-corrected chi connectivity index (χ4v) is 2.15. The van der Waals surface area contributed by atoms with Gasteiger partial charge in [-0.2, -0.15) is 0 Å². The summed E-state index contributed by atoms with van der Waals surface area (Å²) in [5.41, 5.74) is 1.31. The molecule has 1 aromatic rings. The van der Waals surface area contributed by atoms with Gasteiger partial charge in [0.15, 0.2) is 0 Å². The minimum Gasteiger partial charge on any atom is -0.372 e. The molecule has 1 aliphatic rings. The fraction of sp³-hybridized carbons (Fsp3) is 0.467. The van der Waals surface area contributed by atoms with E-state index in [9.17, 15) is 9.59 Å². The first kappa shape index (κ1) is 15.5. The zero-order chi connectivity index (χ0) is 15.2. The van der Waals surface area contributed by atoms with E-state index in [0.29, 0.717) is 17.9 Å². The molecule has 0 aliphatic carbocycles. The van der Waals surface area contributed by atoms with Crippen LogP contribution in [0.5, 0.6) is 0 Å². The first-order valence-electron chi connectivity index (χ1n) is 7.05. The molecule has 1 heterocycles. The number of hydrogen-bond donors (Lipinski definition) is 3. The van der Waals surface area contributed by atoms with Gasteiger partial charge in [0.2, 0.25) is 5.91 Å². The van der Waals surface area contributed by atoms with Gasteiger partial charge in [0.1, 0.15) is 6.10 Å². The summed E-state index contributed by atoms with van der Waals surface area (Å²) in [5.74, 6) is -0.202. The molecule has 6 nitrogen and oxygen atoms in total. The molecular formula is C15H21N3O3. The molecule has 0 aromatic heterocycles. The van der Waals surface area contributed by atoms with Gasteiger partial charge in [-0.15, -0.1) is 0 Å². The maximum Gasteiger partial charge on any atom is 0.253 e. The number of hydrogen-bond acceptors (Lipinski definition) is 4. The molecule has 0 spiro atoms. The molecule has 0 saturated carbocycles. The van der Waals surface area contributed by atoms with Crippen LogP contribution in [0, 0.1) is 5.92 Å². The van der Waals surface area contributed by atoms with E-state index in [-0.39, 0.29) is 17.7 Å². The van der Waals surface area contributed by atoms with Crippen LogP contribution in [0.15, 0.2) is 24.3 Å². The van der Waals surface area contributed by atoms with Crippen LogP contribution >= 0.6 is 0 Å². The largest absolute Gasteiger partial charge is 0.372 e. The number of carbonyl (C=O) groups excluding carboxylic acids is 2. The van der Waals surface area contributed by atoms with Gasteiger partial charge >= 0.3 is 0 Å². The van der Waals surface area contributed by atoms with E-state index in [1.165, 1.54) is 7.11 Å². The molecule has 2 atom stereocenters. The van der Waals surface area contributed by atoms with Crippen LogP contribution in [0.3, 0.4) is 0 Å². The average molecular weight is 291 g/mol. The van der Waals surface area contributed by atoms with Crippen molar-refractivity contribution in [2.45, 2.75) is 19.4 Å². The first-order chi connectivity index (χ1) is 10.1. The van der Waals surface area contributed by atoms with Gasteiger partial charge in [-0.3, -0.25) is 9.59 Å². The molecule has 3 N–H and O–H groups in total. The fourth-order valence-electron chi connectivity index (χ4n) is 2.15. The highest BCUT2D eigenvalue weighted by Crippen LogP contribution is 2.17. The van der Waals surface area contributed by atoms with Gasteiger partial charge in [-0.05, 0) is 38.1 Å². The number of rotatable bonds is 5. The molecule has 0 radical (unpaired) electrons. The second-order valence-electron chi connectivity index (χ2n) is 5.13. The van der Waals surface area contributed by atoms with E-state index in [1.54, 1.807) is 31.2 Å². The predicted octanol–water partition coefficient (Wildman–Crippen LogP) is 1.21. The summed E-state index contributed by atoms with van der Waals surface area (Å²) >= 11 is 0. The Hall–Kier alpha value is -1.92. The lowest BCUT2D eigenvalue weighted by Crippen LogP contribution is -2.27. The molecule has 0 bridgehead atoms. The Morgan fingerprint density at radius 1 is 1.33 bits per heavy atom. The Morgan fingerprint density at radius 2 is 2.05 bits per heavy atom. The second-order valence-corrected chi connectivity index (χ2v) is 5.13. The Labute approximate surface area is 124 Å². The van der Waals surface area contributed by atoms with Crippen molar-refractivity contribution in [3.63, 3.8) is 0 Å². The molecular weight excluding hydrogens is 270 g/mol. The molecule has 6 heteroatoms. The molecule has 1 aromatic carbocycles. The quantitative estimate of drug-likeness (QED) is 0.762. The van der Waals surface area contributed by atoms with Gasteiger partial charge in [-0.1, -0.05) is 6.07 Å². The normalized spacial score (nSPS) is 19.0. The number of benzene rings is 1. The third kappa shape index (κ3) is 4.27. The molecule has 2 amide bonds. The lowest BCUT2D eigenvalue weighted by molar-refractivity contribution is -0.124. The minimum absolute atomic E-state index is 0.00809. The SMILES string of the molecule is COC(C)C(=O)Nc1cccc(NC(=O)C2CCNC2)c1. The van der Waals surface area contributed by atoms with Crippen LogP contribution in [0.2, 0.25) is 0 Å². The molecule has 1 saturated heterocycles. The molecule has 2 rings (SSSR count). The zero-order valence-corrected chi connectivity index (χ0v) is 12.3. The van der Waals surface area contributed by atoms with Crippen LogP contribution < -0.4 is 16.0 Å². The Morgan fingerprint density at radius 3 is 2.67 bits per heavy atom. The summed E-state index contributed by atoms with van der Waals surface area (Å²) in [6.07, 6.45) is 0.334. The van der Waals surface area contributed by atoms with Crippen LogP contribution in [0.25, 0.3) is 0 Å². The smallest absolute Gasteiger partial charge is 0.253 e. The predicted molar refractivity (Wildman–Crippen MR) is 81.1 cm³/mol. The summed E-state index contributed by atoms with van der Waals surface area (Å²) in [6, 6.07) is 7.10. The third-order valence-electron chi connectivity index (χ3n) is 3.55. The molecule has 2 unspecified atom stereocenters. The van der Waals surface area contributed by atoms with Crippen molar-refractivity contribution in [1.82, 2.24) is 5.32 Å². The standard InChI is InChI=1S/C15H21N3O3/c1-10(21-2)14(19)17-12-4-3-5-13(8-12)18-15(20)11-6-7-16-9-11/h3-5,8,10-11,16H,6-7,9H2,1-2H3,(H,17,19)(H,18,20). The number of methoxy groups -OCH3 is 1. The minimum atomic E-state index is -0.521. The van der Waals surface area contributed by atoms with Crippen LogP contribution in [-0.2, 0) is 14.3 Å². The maximum atomic E-state index is 12.0. The summed E-state index contributed by atoms with van der Waals surface area (Å²) < 4.78 is 4.96. The second kappa shape index (κ2) is 7.19. The molecule has 21 heavy (non-hydrogen) atoms. The number of carbonyl (C=O) groups is 2. The lowest BCUT2D eigenvalue weighted by atomic mass is 10.1. The molecule has 1 fully saturated rings. The zero-order valence-electron chi connectivity index (χ0n) is 12.3. The Kier molecular flexibility index (Phi) is 5.30. The van der Waals surface area contributed by atoms with Crippen molar-refractivity contribution in [1.29, 1.82) is 0 Å². The van der Waals surface area contributed by atoms with Crippen molar-refractivity contribution >= 4 is 23.2 Å². The van der Waals surface area contributed by atoms with E-state index in [0.717, 1.165) is 13.0 Å². The van der Waals surface area contributed by atoms with Crippen molar-refractivity contribution in [2.24, 2.45) is 5.92 Å². The van der Waals surface area contributed by atoms with E-state index in [4.69, 9.17) is 4.74 Å². The summed E-state index contributed by atoms with van der Waals surface area (Å²) in [7, 11) is 1.48. The number of amides is 2. The van der Waals surface area contributed by atoms with E-state index in [1.807, 2.05) is 0 Å². The Bertz CT molecular complexity index is 513. The highest BCUT2D eigenvalue weighted by molar-refractivity contribution is 5.96. The monoisotopic (exact) mass is 291 g/mol. The van der Waals surface area contributed by atoms with E-state index < -0.39 is 6.10 Å². The van der Waals surface area contributed by atoms with Gasteiger partial charge in [0, 0.05) is 25.0 Å². The van der Waals surface area contributed by atoms with Crippen LogP contribution in [0.4, 0.5) is 11.4 Å². The van der Waals surface area contributed by atoms with Crippen molar-refractivity contribution in [3.8, 4) is 0 Å². The van der Waals surface area contributed by atoms with Gasteiger partial charge < -0.3 is 20.7 Å². The van der Waals surface area contributed by atoms with Crippen LogP contribution in [0.1, 0.15) is 13.3 Å².